The van der Waals surface area contributed by atoms with E-state index in [4.69, 9.17) is 4.74 Å². The average molecular weight is 240 g/mol. The van der Waals surface area contributed by atoms with E-state index in [-0.39, 0.29) is 0 Å². The quantitative estimate of drug-likeness (QED) is 0.859. The third-order valence-corrected chi connectivity index (χ3v) is 3.73. The maximum atomic E-state index is 5.43. The molecule has 0 aliphatic carbocycles. The average Bonchev–Trinajstić information content (AvgIpc) is 2.85. The van der Waals surface area contributed by atoms with Crippen molar-refractivity contribution in [3.05, 3.63) is 16.6 Å². The van der Waals surface area contributed by atoms with Gasteiger partial charge in [0, 0.05) is 18.6 Å². The predicted octanol–water partition coefficient (Wildman–Crippen LogP) is 2.61. The summed E-state index contributed by atoms with van der Waals surface area (Å²) in [6, 6.07) is 0.426. The van der Waals surface area contributed by atoms with Crippen LogP contribution >= 0.6 is 11.3 Å². The molecule has 0 spiro atoms. The van der Waals surface area contributed by atoms with Gasteiger partial charge < -0.3 is 10.1 Å². The number of hydrogen-bond donors (Lipinski definition) is 1. The Morgan fingerprint density at radius 1 is 1.56 bits per heavy atom. The third-order valence-electron chi connectivity index (χ3n) is 3.12. The molecule has 2 rings (SSSR count). The van der Waals surface area contributed by atoms with Crippen LogP contribution in [0.4, 0.5) is 0 Å². The Labute approximate surface area is 101 Å². The summed E-state index contributed by atoms with van der Waals surface area (Å²) in [5, 5.41) is 5.80. The summed E-state index contributed by atoms with van der Waals surface area (Å²) >= 11 is 1.68. The number of thiazole rings is 1. The molecule has 1 aliphatic rings. The van der Waals surface area contributed by atoms with E-state index < -0.39 is 0 Å². The SMILES string of the molecule is CCCNC(c1cscn1)C1CCOCC1. The van der Waals surface area contributed by atoms with Gasteiger partial charge in [-0.15, -0.1) is 11.3 Å². The van der Waals surface area contributed by atoms with Crippen molar-refractivity contribution >= 4 is 11.3 Å². The lowest BCUT2D eigenvalue weighted by Gasteiger charge is -2.30. The maximum absolute atomic E-state index is 5.43. The number of rotatable bonds is 5. The first kappa shape index (κ1) is 12.0. The smallest absolute Gasteiger partial charge is 0.0795 e. The predicted molar refractivity (Wildman–Crippen MR) is 66.7 cm³/mol. The van der Waals surface area contributed by atoms with E-state index in [1.54, 1.807) is 11.3 Å². The number of nitrogens with one attached hydrogen (secondary N) is 1. The highest BCUT2D eigenvalue weighted by Crippen LogP contribution is 2.29. The molecule has 2 heterocycles. The fraction of sp³-hybridized carbons (Fsp3) is 0.750. The molecule has 1 aliphatic heterocycles. The second-order valence-corrected chi connectivity index (χ2v) is 5.01. The Bertz CT molecular complexity index is 283. The van der Waals surface area contributed by atoms with Gasteiger partial charge in [0.15, 0.2) is 0 Å². The zero-order valence-corrected chi connectivity index (χ0v) is 10.6. The normalized spacial score (nSPS) is 19.8. The molecule has 3 nitrogen and oxygen atoms in total. The Kier molecular flexibility index (Phi) is 4.75. The van der Waals surface area contributed by atoms with Gasteiger partial charge in [-0.2, -0.15) is 0 Å². The summed E-state index contributed by atoms with van der Waals surface area (Å²) in [7, 11) is 0. The molecule has 1 N–H and O–H groups in total. The van der Waals surface area contributed by atoms with Gasteiger partial charge in [-0.05, 0) is 31.7 Å². The zero-order valence-electron chi connectivity index (χ0n) is 9.82. The molecule has 4 heteroatoms. The lowest BCUT2D eigenvalue weighted by atomic mass is 9.90. The van der Waals surface area contributed by atoms with Crippen molar-refractivity contribution in [2.75, 3.05) is 19.8 Å². The summed E-state index contributed by atoms with van der Waals surface area (Å²) in [4.78, 5) is 4.46. The van der Waals surface area contributed by atoms with Crippen LogP contribution in [0.1, 0.15) is 37.9 Å². The molecule has 1 unspecified atom stereocenters. The van der Waals surface area contributed by atoms with E-state index >= 15 is 0 Å². The molecule has 1 saturated heterocycles. The third kappa shape index (κ3) is 3.03. The first-order chi connectivity index (χ1) is 7.92. The number of ether oxygens (including phenoxy) is 1. The van der Waals surface area contributed by atoms with Crippen molar-refractivity contribution in [3.8, 4) is 0 Å². The summed E-state index contributed by atoms with van der Waals surface area (Å²) in [6.45, 7) is 5.08. The van der Waals surface area contributed by atoms with Gasteiger partial charge in [0.2, 0.25) is 0 Å². The standard InChI is InChI=1S/C12H20N2OS/c1-2-5-13-12(11-8-16-9-14-11)10-3-6-15-7-4-10/h8-10,12-13H,2-7H2,1H3. The monoisotopic (exact) mass is 240 g/mol. The Hall–Kier alpha value is -0.450. The highest BCUT2D eigenvalue weighted by molar-refractivity contribution is 7.07. The molecule has 90 valence electrons. The molecule has 1 aromatic heterocycles. The molecule has 1 aromatic rings. The van der Waals surface area contributed by atoms with E-state index in [9.17, 15) is 0 Å². The van der Waals surface area contributed by atoms with Crippen LogP contribution in [0.15, 0.2) is 10.9 Å². The van der Waals surface area contributed by atoms with Crippen LogP contribution in [0.25, 0.3) is 0 Å². The van der Waals surface area contributed by atoms with E-state index in [0.717, 1.165) is 32.6 Å². The highest BCUT2D eigenvalue weighted by Gasteiger charge is 2.25. The molecule has 0 saturated carbocycles. The fourth-order valence-electron chi connectivity index (χ4n) is 2.24. The molecular formula is C12H20N2OS. The van der Waals surface area contributed by atoms with Gasteiger partial charge in [-0.3, -0.25) is 0 Å². The second kappa shape index (κ2) is 6.33. The first-order valence-electron chi connectivity index (χ1n) is 6.11. The number of nitrogens with zero attached hydrogens (tertiary/aromatic N) is 1. The summed E-state index contributed by atoms with van der Waals surface area (Å²) in [6.07, 6.45) is 3.47. The molecule has 1 atom stereocenters. The van der Waals surface area contributed by atoms with Gasteiger partial charge in [0.05, 0.1) is 17.2 Å². The van der Waals surface area contributed by atoms with Crippen molar-refractivity contribution in [2.24, 2.45) is 5.92 Å². The lowest BCUT2D eigenvalue weighted by molar-refractivity contribution is 0.0531. The molecular weight excluding hydrogens is 220 g/mol. The van der Waals surface area contributed by atoms with Crippen LogP contribution in [0.3, 0.4) is 0 Å². The zero-order chi connectivity index (χ0) is 11.2. The lowest BCUT2D eigenvalue weighted by Crippen LogP contribution is -2.32. The minimum Gasteiger partial charge on any atom is -0.381 e. The van der Waals surface area contributed by atoms with Crippen LogP contribution in [-0.4, -0.2) is 24.7 Å². The topological polar surface area (TPSA) is 34.2 Å². The Morgan fingerprint density at radius 3 is 3.00 bits per heavy atom. The Morgan fingerprint density at radius 2 is 2.38 bits per heavy atom. The summed E-state index contributed by atoms with van der Waals surface area (Å²) in [5.41, 5.74) is 3.14. The van der Waals surface area contributed by atoms with Crippen LogP contribution in [-0.2, 0) is 4.74 Å². The van der Waals surface area contributed by atoms with Crippen molar-refractivity contribution in [1.29, 1.82) is 0 Å². The van der Waals surface area contributed by atoms with Crippen molar-refractivity contribution in [3.63, 3.8) is 0 Å². The molecule has 0 radical (unpaired) electrons. The fourth-order valence-corrected chi connectivity index (χ4v) is 2.83. The maximum Gasteiger partial charge on any atom is 0.0795 e. The molecule has 1 fully saturated rings. The van der Waals surface area contributed by atoms with E-state index in [1.807, 2.05) is 5.51 Å². The minimum absolute atomic E-state index is 0.426. The second-order valence-electron chi connectivity index (χ2n) is 4.29. The van der Waals surface area contributed by atoms with Crippen LogP contribution < -0.4 is 5.32 Å². The molecule has 0 amide bonds. The van der Waals surface area contributed by atoms with Crippen LogP contribution in [0, 0.1) is 5.92 Å². The van der Waals surface area contributed by atoms with Gasteiger partial charge >= 0.3 is 0 Å². The molecule has 0 aromatic carbocycles. The minimum atomic E-state index is 0.426. The van der Waals surface area contributed by atoms with Gasteiger partial charge in [-0.1, -0.05) is 6.92 Å². The van der Waals surface area contributed by atoms with Crippen molar-refractivity contribution < 1.29 is 4.74 Å². The molecule has 16 heavy (non-hydrogen) atoms. The highest BCUT2D eigenvalue weighted by atomic mass is 32.1. The van der Waals surface area contributed by atoms with E-state index in [0.29, 0.717) is 12.0 Å². The molecule has 0 bridgehead atoms. The van der Waals surface area contributed by atoms with E-state index in [2.05, 4.69) is 22.6 Å². The van der Waals surface area contributed by atoms with E-state index in [1.165, 1.54) is 12.1 Å². The van der Waals surface area contributed by atoms with Crippen molar-refractivity contribution in [2.45, 2.75) is 32.2 Å². The Balaban J connectivity index is 2.01. The van der Waals surface area contributed by atoms with Gasteiger partial charge in [-0.25, -0.2) is 4.98 Å². The van der Waals surface area contributed by atoms with Crippen LogP contribution in [0.5, 0.6) is 0 Å². The summed E-state index contributed by atoms with van der Waals surface area (Å²) in [5.74, 6) is 0.683. The first-order valence-corrected chi connectivity index (χ1v) is 7.05. The number of aromatic nitrogens is 1. The van der Waals surface area contributed by atoms with Crippen LogP contribution in [0.2, 0.25) is 0 Å². The van der Waals surface area contributed by atoms with Crippen molar-refractivity contribution in [1.82, 2.24) is 10.3 Å². The van der Waals surface area contributed by atoms with Gasteiger partial charge in [0.1, 0.15) is 0 Å². The number of hydrogen-bond acceptors (Lipinski definition) is 4. The van der Waals surface area contributed by atoms with Gasteiger partial charge in [0.25, 0.3) is 0 Å². The summed E-state index contributed by atoms with van der Waals surface area (Å²) < 4.78 is 5.43. The largest absolute Gasteiger partial charge is 0.381 e.